The number of piperidine rings is 1. The minimum absolute atomic E-state index is 0.0161. The van der Waals surface area contributed by atoms with Crippen molar-refractivity contribution in [3.8, 4) is 0 Å². The van der Waals surface area contributed by atoms with Crippen molar-refractivity contribution in [2.24, 2.45) is 34.5 Å². The first-order valence-electron chi connectivity index (χ1n) is 9.75. The van der Waals surface area contributed by atoms with Crippen molar-refractivity contribution in [2.75, 3.05) is 7.11 Å². The summed E-state index contributed by atoms with van der Waals surface area (Å²) in [5.41, 5.74) is 0.0399. The number of methoxy groups -OCH3 is 1. The van der Waals surface area contributed by atoms with E-state index < -0.39 is 0 Å². The molecule has 4 nitrogen and oxygen atoms in total. The molecule has 3 aliphatic carbocycles. The molecular formula is C20H31NO3. The van der Waals surface area contributed by atoms with E-state index in [-0.39, 0.29) is 23.1 Å². The summed E-state index contributed by atoms with van der Waals surface area (Å²) in [6, 6.07) is 0. The van der Waals surface area contributed by atoms with E-state index in [0.29, 0.717) is 29.8 Å². The third-order valence-electron chi connectivity index (χ3n) is 8.52. The van der Waals surface area contributed by atoms with E-state index in [9.17, 15) is 9.59 Å². The fourth-order valence-corrected chi connectivity index (χ4v) is 6.93. The molecule has 0 aromatic heterocycles. The van der Waals surface area contributed by atoms with Crippen LogP contribution in [0, 0.1) is 34.5 Å². The second-order valence-corrected chi connectivity index (χ2v) is 9.33. The second-order valence-electron chi connectivity index (χ2n) is 9.33. The molecule has 3 saturated carbocycles. The lowest BCUT2D eigenvalue weighted by Gasteiger charge is -2.61. The zero-order chi connectivity index (χ0) is 17.1. The Hall–Kier alpha value is -0.900. The normalized spacial score (nSPS) is 51.2. The number of carbonyl (C=O) groups is 2. The largest absolute Gasteiger partial charge is 0.381 e. The Bertz CT molecular complexity index is 561. The van der Waals surface area contributed by atoms with Gasteiger partial charge in [0.15, 0.2) is 0 Å². The van der Waals surface area contributed by atoms with Gasteiger partial charge in [-0.2, -0.15) is 0 Å². The van der Waals surface area contributed by atoms with Crippen LogP contribution in [0.1, 0.15) is 65.2 Å². The monoisotopic (exact) mass is 333 g/mol. The van der Waals surface area contributed by atoms with Crippen molar-refractivity contribution in [3.63, 3.8) is 0 Å². The molecule has 1 aliphatic heterocycles. The molecule has 24 heavy (non-hydrogen) atoms. The Morgan fingerprint density at radius 1 is 1.04 bits per heavy atom. The molecule has 0 aromatic rings. The number of rotatable bonds is 1. The van der Waals surface area contributed by atoms with Crippen molar-refractivity contribution < 1.29 is 14.3 Å². The second kappa shape index (κ2) is 5.55. The number of imide groups is 1. The number of carbonyl (C=O) groups excluding carboxylic acids is 2. The van der Waals surface area contributed by atoms with E-state index in [1.54, 1.807) is 0 Å². The van der Waals surface area contributed by atoms with Gasteiger partial charge in [0.1, 0.15) is 0 Å². The van der Waals surface area contributed by atoms with Crippen LogP contribution < -0.4 is 5.32 Å². The molecule has 4 aliphatic rings. The van der Waals surface area contributed by atoms with E-state index in [1.807, 2.05) is 7.11 Å². The maximum atomic E-state index is 12.5. The Morgan fingerprint density at radius 2 is 1.83 bits per heavy atom. The zero-order valence-corrected chi connectivity index (χ0v) is 15.3. The van der Waals surface area contributed by atoms with E-state index >= 15 is 0 Å². The molecule has 1 saturated heterocycles. The molecule has 7 atom stereocenters. The third-order valence-corrected chi connectivity index (χ3v) is 8.52. The predicted molar refractivity (Wildman–Crippen MR) is 91.1 cm³/mol. The van der Waals surface area contributed by atoms with Gasteiger partial charge in [-0.05, 0) is 74.0 Å². The summed E-state index contributed by atoms with van der Waals surface area (Å²) in [6.45, 7) is 4.60. The molecule has 4 fully saturated rings. The number of ether oxygens (including phenoxy) is 1. The minimum Gasteiger partial charge on any atom is -0.381 e. The van der Waals surface area contributed by atoms with Gasteiger partial charge < -0.3 is 4.74 Å². The summed E-state index contributed by atoms with van der Waals surface area (Å²) < 4.78 is 5.65. The molecule has 4 heteroatoms. The van der Waals surface area contributed by atoms with E-state index in [0.717, 1.165) is 25.2 Å². The lowest BCUT2D eigenvalue weighted by molar-refractivity contribution is -0.166. The van der Waals surface area contributed by atoms with Gasteiger partial charge in [-0.25, -0.2) is 0 Å². The van der Waals surface area contributed by atoms with Crippen molar-refractivity contribution in [1.82, 2.24) is 5.32 Å². The molecule has 0 aromatic carbocycles. The lowest BCUT2D eigenvalue weighted by Crippen LogP contribution is -2.61. The van der Waals surface area contributed by atoms with E-state index in [4.69, 9.17) is 4.74 Å². The predicted octanol–water partition coefficient (Wildman–Crippen LogP) is 3.30. The standard InChI is InChI=1S/C20H31NO3/c1-19-8-6-13(24-3)10-12(19)4-5-14-15(19)7-9-20(2)16(14)11-17(22)21-18(20)23/h12-16H,4-11H2,1-3H3,(H,21,22,23)/t12-,13+,14?,15?,16?,19-,20-/m0/s1. The van der Waals surface area contributed by atoms with Crippen LogP contribution in [0.15, 0.2) is 0 Å². The highest BCUT2D eigenvalue weighted by Gasteiger charge is 2.60. The van der Waals surface area contributed by atoms with Crippen LogP contribution in [0.5, 0.6) is 0 Å². The van der Waals surface area contributed by atoms with E-state index in [1.165, 1.54) is 25.7 Å². The SMILES string of the molecule is CO[C@@H]1CC[C@]2(C)C3CC[C@]4(C)C(=O)NC(=O)CC4C3CC[C@H]2C1. The quantitative estimate of drug-likeness (QED) is 0.749. The number of hydrogen-bond acceptors (Lipinski definition) is 3. The Labute approximate surface area is 145 Å². The van der Waals surface area contributed by atoms with Crippen molar-refractivity contribution in [2.45, 2.75) is 71.3 Å². The summed E-state index contributed by atoms with van der Waals surface area (Å²) in [6.07, 6.45) is 9.06. The smallest absolute Gasteiger partial charge is 0.232 e. The van der Waals surface area contributed by atoms with Crippen LogP contribution in [0.4, 0.5) is 0 Å². The average Bonchev–Trinajstić information content (AvgIpc) is 2.55. The van der Waals surface area contributed by atoms with Crippen LogP contribution >= 0.6 is 0 Å². The number of amides is 2. The maximum Gasteiger partial charge on any atom is 0.232 e. The Kier molecular flexibility index (Phi) is 3.83. The van der Waals surface area contributed by atoms with Crippen molar-refractivity contribution >= 4 is 11.8 Å². The average molecular weight is 333 g/mol. The molecule has 4 rings (SSSR count). The summed E-state index contributed by atoms with van der Waals surface area (Å²) in [4.78, 5) is 24.6. The van der Waals surface area contributed by atoms with Gasteiger partial charge in [0.2, 0.25) is 11.8 Å². The summed E-state index contributed by atoms with van der Waals surface area (Å²) in [5.74, 6) is 2.13. The van der Waals surface area contributed by atoms with Gasteiger partial charge >= 0.3 is 0 Å². The molecule has 1 N–H and O–H groups in total. The van der Waals surface area contributed by atoms with Gasteiger partial charge in [-0.15, -0.1) is 0 Å². The highest BCUT2D eigenvalue weighted by Crippen LogP contribution is 2.64. The van der Waals surface area contributed by atoms with E-state index in [2.05, 4.69) is 19.2 Å². The van der Waals surface area contributed by atoms with Crippen molar-refractivity contribution in [1.29, 1.82) is 0 Å². The fourth-order valence-electron chi connectivity index (χ4n) is 6.93. The van der Waals surface area contributed by atoms with Crippen molar-refractivity contribution in [3.05, 3.63) is 0 Å². The third kappa shape index (κ3) is 2.21. The summed E-state index contributed by atoms with van der Waals surface area (Å²) >= 11 is 0. The topological polar surface area (TPSA) is 55.4 Å². The molecule has 1 heterocycles. The zero-order valence-electron chi connectivity index (χ0n) is 15.3. The molecule has 0 spiro atoms. The molecule has 0 bridgehead atoms. The fraction of sp³-hybridized carbons (Fsp3) is 0.900. The first-order chi connectivity index (χ1) is 11.4. The first-order valence-corrected chi connectivity index (χ1v) is 9.75. The Balaban J connectivity index is 1.62. The first kappa shape index (κ1) is 16.6. The maximum absolute atomic E-state index is 12.5. The van der Waals surface area contributed by atoms with Crippen LogP contribution in [0.25, 0.3) is 0 Å². The Morgan fingerprint density at radius 3 is 2.58 bits per heavy atom. The van der Waals surface area contributed by atoms with Crippen LogP contribution in [0.3, 0.4) is 0 Å². The lowest BCUT2D eigenvalue weighted by atomic mass is 9.44. The summed E-state index contributed by atoms with van der Waals surface area (Å²) in [5, 5.41) is 2.60. The van der Waals surface area contributed by atoms with Gasteiger partial charge in [0.05, 0.1) is 11.5 Å². The molecule has 134 valence electrons. The van der Waals surface area contributed by atoms with Gasteiger partial charge in [0.25, 0.3) is 0 Å². The molecular weight excluding hydrogens is 302 g/mol. The molecule has 2 amide bonds. The highest BCUT2D eigenvalue weighted by molar-refractivity contribution is 6.01. The van der Waals surface area contributed by atoms with Gasteiger partial charge in [-0.3, -0.25) is 14.9 Å². The minimum atomic E-state index is -0.331. The summed E-state index contributed by atoms with van der Waals surface area (Å²) in [7, 11) is 1.84. The van der Waals surface area contributed by atoms with Gasteiger partial charge in [-0.1, -0.05) is 13.8 Å². The van der Waals surface area contributed by atoms with Crippen LogP contribution in [0.2, 0.25) is 0 Å². The molecule has 0 radical (unpaired) electrons. The molecule has 3 unspecified atom stereocenters. The highest BCUT2D eigenvalue weighted by atomic mass is 16.5. The van der Waals surface area contributed by atoms with Gasteiger partial charge in [0, 0.05) is 13.5 Å². The number of hydrogen-bond donors (Lipinski definition) is 1. The van der Waals surface area contributed by atoms with Crippen LogP contribution in [-0.4, -0.2) is 25.0 Å². The number of nitrogens with one attached hydrogen (secondary N) is 1. The number of fused-ring (bicyclic) bond motifs is 5. The van der Waals surface area contributed by atoms with Crippen LogP contribution in [-0.2, 0) is 14.3 Å².